The number of carboxylic acid groups (broad SMARTS) is 2. The minimum atomic E-state index is -4.61. The van der Waals surface area contributed by atoms with Crippen molar-refractivity contribution in [2.75, 3.05) is 0 Å². The zero-order valence-corrected chi connectivity index (χ0v) is 18.1. The van der Waals surface area contributed by atoms with Crippen molar-refractivity contribution in [3.63, 3.8) is 0 Å². The number of aliphatic carboxylic acids is 2. The normalized spacial score (nSPS) is 13.7. The third kappa shape index (κ3) is 13.7. The predicted molar refractivity (Wildman–Crippen MR) is 91.7 cm³/mol. The molecule has 0 aliphatic heterocycles. The van der Waals surface area contributed by atoms with Gasteiger partial charge in [0.05, 0.1) is 12.3 Å². The maximum atomic E-state index is 11.4. The van der Waals surface area contributed by atoms with Gasteiger partial charge in [0.15, 0.2) is 0 Å². The molecule has 0 aromatic rings. The molecule has 144 valence electrons. The van der Waals surface area contributed by atoms with Crippen LogP contribution in [0.4, 0.5) is 0 Å². The van der Waals surface area contributed by atoms with Crippen LogP contribution in [0, 0.1) is 5.92 Å². The fourth-order valence-electron chi connectivity index (χ4n) is 2.78. The molecule has 25 heavy (non-hydrogen) atoms. The van der Waals surface area contributed by atoms with E-state index < -0.39 is 39.6 Å². The third-order valence-corrected chi connectivity index (χ3v) is 5.46. The number of rotatable bonds is 15. The first kappa shape index (κ1) is 27.1. The molecule has 0 amide bonds. The van der Waals surface area contributed by atoms with Gasteiger partial charge in [-0.05, 0) is 6.42 Å². The van der Waals surface area contributed by atoms with E-state index in [1.54, 1.807) is 0 Å². The molecular formula is C16H31NaO7S. The second-order valence-corrected chi connectivity index (χ2v) is 7.85. The van der Waals surface area contributed by atoms with Crippen molar-refractivity contribution in [3.05, 3.63) is 0 Å². The van der Waals surface area contributed by atoms with E-state index in [0.29, 0.717) is 6.42 Å². The number of hydrogen-bond donors (Lipinski definition) is 3. The molecule has 0 aliphatic carbocycles. The average Bonchev–Trinajstić information content (AvgIpc) is 2.45. The Bertz CT molecular complexity index is 485. The Morgan fingerprint density at radius 3 is 1.72 bits per heavy atom. The van der Waals surface area contributed by atoms with E-state index in [9.17, 15) is 22.6 Å². The van der Waals surface area contributed by atoms with Gasteiger partial charge >= 0.3 is 41.5 Å². The molecule has 2 unspecified atom stereocenters. The van der Waals surface area contributed by atoms with Crippen LogP contribution in [0.2, 0.25) is 0 Å². The van der Waals surface area contributed by atoms with Crippen molar-refractivity contribution in [2.24, 2.45) is 5.92 Å². The summed E-state index contributed by atoms with van der Waals surface area (Å²) in [6.07, 6.45) is 8.22. The zero-order valence-electron chi connectivity index (χ0n) is 16.3. The summed E-state index contributed by atoms with van der Waals surface area (Å²) in [4.78, 5) is 21.9. The second kappa shape index (κ2) is 15.0. The summed E-state index contributed by atoms with van der Waals surface area (Å²) in [6.45, 7) is 2.15. The van der Waals surface area contributed by atoms with Crippen molar-refractivity contribution >= 4 is 22.1 Å². The molecule has 2 atom stereocenters. The standard InChI is InChI=1S/C16H30O7S.Na.H/c1-2-3-4-5-6-7-8-9-10-11-14(24(21,22)23)13(16(19)20)12-15(17)18;;/h13-14H,2-12H2,1H3,(H,17,18)(H,19,20)(H,21,22,23);;/q;+1;-1. The molecule has 0 bridgehead atoms. The Morgan fingerprint density at radius 2 is 1.36 bits per heavy atom. The van der Waals surface area contributed by atoms with Crippen LogP contribution in [0.3, 0.4) is 0 Å². The van der Waals surface area contributed by atoms with Crippen LogP contribution < -0.4 is 29.6 Å². The Kier molecular flexibility index (Phi) is 16.2. The van der Waals surface area contributed by atoms with Gasteiger partial charge in [0.1, 0.15) is 5.25 Å². The molecule has 0 aromatic carbocycles. The van der Waals surface area contributed by atoms with Crippen LogP contribution in [-0.4, -0.2) is 40.4 Å². The molecule has 9 heteroatoms. The smallest absolute Gasteiger partial charge is 1.00 e. The van der Waals surface area contributed by atoms with E-state index in [1.165, 1.54) is 25.7 Å². The molecule has 0 saturated heterocycles. The second-order valence-electron chi connectivity index (χ2n) is 6.21. The van der Waals surface area contributed by atoms with Gasteiger partial charge in [-0.15, -0.1) is 0 Å². The number of hydrogen-bond acceptors (Lipinski definition) is 4. The van der Waals surface area contributed by atoms with Gasteiger partial charge in [-0.1, -0.05) is 64.7 Å². The molecule has 7 nitrogen and oxygen atoms in total. The fourth-order valence-corrected chi connectivity index (χ4v) is 3.87. The van der Waals surface area contributed by atoms with Gasteiger partial charge in [0.2, 0.25) is 0 Å². The molecule has 0 fully saturated rings. The number of unbranched alkanes of at least 4 members (excludes halogenated alkanes) is 8. The fraction of sp³-hybridized carbons (Fsp3) is 0.875. The van der Waals surface area contributed by atoms with E-state index in [0.717, 1.165) is 25.7 Å². The summed E-state index contributed by atoms with van der Waals surface area (Å²) in [7, 11) is -4.61. The van der Waals surface area contributed by atoms with E-state index in [-0.39, 0.29) is 37.4 Å². The van der Waals surface area contributed by atoms with Crippen molar-refractivity contribution in [3.8, 4) is 0 Å². The maximum absolute atomic E-state index is 11.4. The van der Waals surface area contributed by atoms with Crippen molar-refractivity contribution in [1.29, 1.82) is 0 Å². The van der Waals surface area contributed by atoms with E-state index in [4.69, 9.17) is 10.2 Å². The topological polar surface area (TPSA) is 129 Å². The first-order valence-corrected chi connectivity index (χ1v) is 10.1. The number of carboxylic acids is 2. The molecule has 0 saturated carbocycles. The molecule has 0 radical (unpaired) electrons. The molecule has 0 aromatic heterocycles. The Balaban J connectivity index is -0.00000264. The molecule has 3 N–H and O–H groups in total. The van der Waals surface area contributed by atoms with Crippen LogP contribution in [-0.2, 0) is 19.7 Å². The Morgan fingerprint density at radius 1 is 0.920 bits per heavy atom. The van der Waals surface area contributed by atoms with Gasteiger partial charge in [-0.2, -0.15) is 8.42 Å². The molecule has 0 aliphatic rings. The molecular weight excluding hydrogens is 359 g/mol. The van der Waals surface area contributed by atoms with Crippen LogP contribution in [0.15, 0.2) is 0 Å². The van der Waals surface area contributed by atoms with Gasteiger partial charge in [0.25, 0.3) is 10.1 Å². The predicted octanol–water partition coefficient (Wildman–Crippen LogP) is 0.456. The largest absolute Gasteiger partial charge is 1.00 e. The van der Waals surface area contributed by atoms with Gasteiger partial charge < -0.3 is 11.6 Å². The summed E-state index contributed by atoms with van der Waals surface area (Å²) in [5.74, 6) is -4.55. The van der Waals surface area contributed by atoms with Crippen molar-refractivity contribution in [2.45, 2.75) is 82.8 Å². The van der Waals surface area contributed by atoms with Gasteiger partial charge in [0, 0.05) is 0 Å². The van der Waals surface area contributed by atoms with Crippen molar-refractivity contribution in [1.82, 2.24) is 0 Å². The Labute approximate surface area is 174 Å². The van der Waals surface area contributed by atoms with E-state index >= 15 is 0 Å². The summed E-state index contributed by atoms with van der Waals surface area (Å²) >= 11 is 0. The van der Waals surface area contributed by atoms with Gasteiger partial charge in [-0.3, -0.25) is 14.1 Å². The molecule has 0 rings (SSSR count). The summed E-state index contributed by atoms with van der Waals surface area (Å²) in [5, 5.41) is 16.2. The first-order valence-electron chi connectivity index (χ1n) is 8.61. The first-order chi connectivity index (χ1) is 11.2. The maximum Gasteiger partial charge on any atom is 1.00 e. The average molecular weight is 390 g/mol. The quantitative estimate of drug-likeness (QED) is 0.210. The minimum absolute atomic E-state index is 0. The number of carbonyl (C=O) groups is 2. The molecule has 0 spiro atoms. The van der Waals surface area contributed by atoms with Crippen LogP contribution >= 0.6 is 0 Å². The zero-order chi connectivity index (χ0) is 18.6. The van der Waals surface area contributed by atoms with Crippen LogP contribution in [0.1, 0.15) is 79.0 Å². The van der Waals surface area contributed by atoms with Crippen LogP contribution in [0.25, 0.3) is 0 Å². The third-order valence-electron chi connectivity index (χ3n) is 4.14. The van der Waals surface area contributed by atoms with Crippen molar-refractivity contribution < 1.29 is 63.8 Å². The van der Waals surface area contributed by atoms with E-state index in [1.807, 2.05) is 0 Å². The monoisotopic (exact) mass is 390 g/mol. The summed E-state index contributed by atoms with van der Waals surface area (Å²) in [6, 6.07) is 0. The Hall–Kier alpha value is -0.150. The summed E-state index contributed by atoms with van der Waals surface area (Å²) in [5.41, 5.74) is 0. The summed E-state index contributed by atoms with van der Waals surface area (Å²) < 4.78 is 32.1. The van der Waals surface area contributed by atoms with E-state index in [2.05, 4.69) is 6.92 Å². The molecule has 0 heterocycles. The van der Waals surface area contributed by atoms with Gasteiger partial charge in [-0.25, -0.2) is 0 Å². The SMILES string of the molecule is CCCCCCCCCCCC(C(CC(=O)O)C(=O)O)S(=O)(=O)O.[H-].[Na+]. The minimum Gasteiger partial charge on any atom is -1.00 e. The van der Waals surface area contributed by atoms with Crippen LogP contribution in [0.5, 0.6) is 0 Å².